The number of amides is 2. The van der Waals surface area contributed by atoms with Crippen molar-refractivity contribution in [2.24, 2.45) is 5.92 Å². The minimum absolute atomic E-state index is 0.128. The van der Waals surface area contributed by atoms with Gasteiger partial charge in [-0.1, -0.05) is 29.8 Å². The molecular weight excluding hydrogens is 610 g/mol. The largest absolute Gasteiger partial charge is 0.497 e. The van der Waals surface area contributed by atoms with Crippen LogP contribution in [0.1, 0.15) is 47.3 Å². The summed E-state index contributed by atoms with van der Waals surface area (Å²) in [5.74, 6) is -1.25. The highest BCUT2D eigenvalue weighted by atomic mass is 35.5. The summed E-state index contributed by atoms with van der Waals surface area (Å²) in [6.07, 6.45) is 0. The summed E-state index contributed by atoms with van der Waals surface area (Å²) in [5.41, 5.74) is 1.76. The highest BCUT2D eigenvalue weighted by Gasteiger charge is 2.59. The number of likely N-dealkylation sites (tertiary alicyclic amines) is 1. The molecule has 4 unspecified atom stereocenters. The molecule has 0 saturated carbocycles. The molecule has 4 aromatic rings. The number of carbonyl (C=O) groups is 3. The number of carbonyl (C=O) groups excluding carboxylic acids is 3. The van der Waals surface area contributed by atoms with Crippen LogP contribution in [0.2, 0.25) is 4.34 Å². The van der Waals surface area contributed by atoms with Crippen LogP contribution in [-0.2, 0) is 4.79 Å². The Morgan fingerprint density at radius 2 is 1.79 bits per heavy atom. The number of nitrogens with one attached hydrogen (secondary N) is 1. The fraction of sp³-hybridized carbons (Fsp3) is 0.323. The third-order valence-electron chi connectivity index (χ3n) is 8.08. The zero-order valence-electron chi connectivity index (χ0n) is 23.1. The Kier molecular flexibility index (Phi) is 8.51. The minimum Gasteiger partial charge on any atom is -0.497 e. The van der Waals surface area contributed by atoms with Crippen molar-refractivity contribution >= 4 is 63.2 Å². The SMILES string of the molecule is COc1cccc(C2C(C(=O)c3ccc(Cl)s3)C(c3sccc3C)N(C(=O)c3cccs3)C2C(=O)N2CCNCC2)c1. The number of rotatable bonds is 7. The van der Waals surface area contributed by atoms with E-state index in [4.69, 9.17) is 16.3 Å². The molecule has 0 radical (unpaired) electrons. The van der Waals surface area contributed by atoms with Crippen molar-refractivity contribution in [3.63, 3.8) is 0 Å². The molecule has 2 saturated heterocycles. The molecule has 6 rings (SSSR count). The van der Waals surface area contributed by atoms with Gasteiger partial charge in [-0.3, -0.25) is 14.4 Å². The van der Waals surface area contributed by atoms with E-state index in [1.807, 2.05) is 59.0 Å². The number of aryl methyl sites for hydroxylation is 1. The molecular formula is C31H30ClN3O4S3. The van der Waals surface area contributed by atoms with Crippen LogP contribution in [0.15, 0.2) is 65.4 Å². The number of ketones is 1. The number of thiophene rings is 3. The van der Waals surface area contributed by atoms with Gasteiger partial charge in [-0.05, 0) is 65.2 Å². The maximum Gasteiger partial charge on any atom is 0.265 e. The van der Waals surface area contributed by atoms with Gasteiger partial charge in [0, 0.05) is 37.0 Å². The number of piperazine rings is 1. The lowest BCUT2D eigenvalue weighted by molar-refractivity contribution is -0.136. The van der Waals surface area contributed by atoms with Crippen LogP contribution in [0.4, 0.5) is 0 Å². The maximum atomic E-state index is 14.7. The van der Waals surface area contributed by atoms with Gasteiger partial charge in [-0.25, -0.2) is 0 Å². The molecule has 2 aliphatic rings. The highest BCUT2D eigenvalue weighted by molar-refractivity contribution is 7.18. The molecule has 7 nitrogen and oxygen atoms in total. The number of halogens is 1. The van der Waals surface area contributed by atoms with E-state index in [2.05, 4.69) is 5.32 Å². The molecule has 2 fully saturated rings. The van der Waals surface area contributed by atoms with Crippen LogP contribution in [0.3, 0.4) is 0 Å². The van der Waals surface area contributed by atoms with E-state index in [0.29, 0.717) is 46.0 Å². The average Bonchev–Trinajstić information content (AvgIpc) is 3.83. The summed E-state index contributed by atoms with van der Waals surface area (Å²) < 4.78 is 6.09. The van der Waals surface area contributed by atoms with Crippen LogP contribution in [0.5, 0.6) is 5.75 Å². The van der Waals surface area contributed by atoms with E-state index in [9.17, 15) is 14.4 Å². The summed E-state index contributed by atoms with van der Waals surface area (Å²) in [5, 5.41) is 7.15. The molecule has 5 heterocycles. The number of nitrogens with zero attached hydrogens (tertiary/aromatic N) is 2. The minimum atomic E-state index is -0.902. The Bertz CT molecular complexity index is 1590. The second kappa shape index (κ2) is 12.3. The lowest BCUT2D eigenvalue weighted by atomic mass is 9.77. The topological polar surface area (TPSA) is 79.0 Å². The van der Waals surface area contributed by atoms with Gasteiger partial charge < -0.3 is 19.9 Å². The van der Waals surface area contributed by atoms with E-state index in [1.54, 1.807) is 30.2 Å². The molecule has 1 aromatic carbocycles. The van der Waals surface area contributed by atoms with E-state index in [0.717, 1.165) is 16.0 Å². The van der Waals surface area contributed by atoms with Crippen LogP contribution < -0.4 is 10.1 Å². The van der Waals surface area contributed by atoms with Crippen molar-refractivity contribution in [3.05, 3.63) is 95.5 Å². The second-order valence-electron chi connectivity index (χ2n) is 10.4. The van der Waals surface area contributed by atoms with Gasteiger partial charge >= 0.3 is 0 Å². The van der Waals surface area contributed by atoms with Gasteiger partial charge in [0.1, 0.15) is 11.8 Å². The van der Waals surface area contributed by atoms with Crippen LogP contribution >= 0.6 is 45.6 Å². The summed E-state index contributed by atoms with van der Waals surface area (Å²) in [6, 6.07) is 15.1. The van der Waals surface area contributed by atoms with Gasteiger partial charge in [-0.2, -0.15) is 0 Å². The molecule has 1 N–H and O–H groups in total. The Hall–Kier alpha value is -3.02. The summed E-state index contributed by atoms with van der Waals surface area (Å²) in [4.78, 5) is 49.4. The van der Waals surface area contributed by atoms with Gasteiger partial charge in [0.15, 0.2) is 5.78 Å². The molecule has 218 valence electrons. The van der Waals surface area contributed by atoms with Crippen molar-refractivity contribution in [1.29, 1.82) is 0 Å². The molecule has 11 heteroatoms. The van der Waals surface area contributed by atoms with Crippen molar-refractivity contribution in [3.8, 4) is 5.75 Å². The predicted molar refractivity (Wildman–Crippen MR) is 168 cm³/mol. The van der Waals surface area contributed by atoms with Crippen molar-refractivity contribution in [1.82, 2.24) is 15.1 Å². The standard InChI is InChI=1S/C31H30ClN3O4S3/c1-18-10-16-41-29(18)26-25(28(36)21-8-9-23(32)42-21)24(19-5-3-6-20(17-19)39-2)27(31(38)34-13-11-33-12-14-34)35(26)30(37)22-7-4-15-40-22/h3-10,15-17,24-27,33H,11-14H2,1-2H3. The summed E-state index contributed by atoms with van der Waals surface area (Å²) in [6.45, 7) is 4.40. The number of Topliss-reactive ketones (excluding diaryl/α,β-unsaturated/α-hetero) is 1. The van der Waals surface area contributed by atoms with E-state index in [1.165, 1.54) is 34.0 Å². The first-order valence-electron chi connectivity index (χ1n) is 13.7. The zero-order chi connectivity index (χ0) is 29.4. The van der Waals surface area contributed by atoms with E-state index in [-0.39, 0.29) is 17.6 Å². The Morgan fingerprint density at radius 3 is 2.43 bits per heavy atom. The molecule has 2 amide bonds. The monoisotopic (exact) mass is 639 g/mol. The number of benzene rings is 1. The number of methoxy groups -OCH3 is 1. The Labute approximate surface area is 261 Å². The van der Waals surface area contributed by atoms with Crippen molar-refractivity contribution in [2.45, 2.75) is 24.9 Å². The molecule has 3 aromatic heterocycles. The highest BCUT2D eigenvalue weighted by Crippen LogP contribution is 2.54. The Balaban J connectivity index is 1.61. The van der Waals surface area contributed by atoms with Crippen LogP contribution in [0, 0.1) is 12.8 Å². The average molecular weight is 640 g/mol. The van der Waals surface area contributed by atoms with Crippen LogP contribution in [-0.4, -0.2) is 66.7 Å². The smallest absolute Gasteiger partial charge is 0.265 e. The van der Waals surface area contributed by atoms with Gasteiger partial charge in [-0.15, -0.1) is 34.0 Å². The maximum absolute atomic E-state index is 14.7. The number of hydrogen-bond donors (Lipinski definition) is 1. The van der Waals surface area contributed by atoms with Gasteiger partial charge in [0.2, 0.25) is 5.91 Å². The third-order valence-corrected chi connectivity index (χ3v) is 11.3. The zero-order valence-corrected chi connectivity index (χ0v) is 26.3. The summed E-state index contributed by atoms with van der Waals surface area (Å²) >= 11 is 10.4. The van der Waals surface area contributed by atoms with Gasteiger partial charge in [0.25, 0.3) is 5.91 Å². The predicted octanol–water partition coefficient (Wildman–Crippen LogP) is 6.12. The van der Waals surface area contributed by atoms with E-state index < -0.39 is 23.9 Å². The molecule has 0 spiro atoms. The molecule has 2 aliphatic heterocycles. The number of ether oxygens (including phenoxy) is 1. The molecule has 4 atom stereocenters. The lowest BCUT2D eigenvalue weighted by Crippen LogP contribution is -2.54. The van der Waals surface area contributed by atoms with Crippen molar-refractivity contribution < 1.29 is 19.1 Å². The first-order chi connectivity index (χ1) is 20.4. The summed E-state index contributed by atoms with van der Waals surface area (Å²) in [7, 11) is 1.60. The van der Waals surface area contributed by atoms with Crippen LogP contribution in [0.25, 0.3) is 0 Å². The van der Waals surface area contributed by atoms with Crippen molar-refractivity contribution in [2.75, 3.05) is 33.3 Å². The Morgan fingerprint density at radius 1 is 0.976 bits per heavy atom. The number of hydrogen-bond acceptors (Lipinski definition) is 8. The first kappa shape index (κ1) is 29.1. The molecule has 0 bridgehead atoms. The first-order valence-corrected chi connectivity index (χ1v) is 16.7. The fourth-order valence-electron chi connectivity index (χ4n) is 6.17. The lowest BCUT2D eigenvalue weighted by Gasteiger charge is -2.36. The van der Waals surface area contributed by atoms with E-state index >= 15 is 0 Å². The molecule has 0 aliphatic carbocycles. The second-order valence-corrected chi connectivity index (χ2v) is 14.0. The van der Waals surface area contributed by atoms with Gasteiger partial charge in [0.05, 0.1) is 33.2 Å². The third kappa shape index (κ3) is 5.31. The molecule has 42 heavy (non-hydrogen) atoms. The normalized spacial score (nSPS) is 22.4. The quantitative estimate of drug-likeness (QED) is 0.247. The fourth-order valence-corrected chi connectivity index (χ4v) is 8.94.